The van der Waals surface area contributed by atoms with Crippen molar-refractivity contribution in [1.29, 1.82) is 0 Å². The molecule has 0 aromatic carbocycles. The first kappa shape index (κ1) is 63.3. The minimum Gasteiger partial charge on any atom is -0.462 e. The number of aliphatic hydroxyl groups excluding tert-OH is 2. The van der Waals surface area contributed by atoms with E-state index in [0.29, 0.717) is 19.3 Å². The summed E-state index contributed by atoms with van der Waals surface area (Å²) < 4.78 is 5.96. The fourth-order valence-corrected chi connectivity index (χ4v) is 9.07. The van der Waals surface area contributed by atoms with Crippen LogP contribution in [0.2, 0.25) is 0 Å². The molecule has 3 N–H and O–H groups in total. The maximum Gasteiger partial charge on any atom is 0.306 e. The summed E-state index contributed by atoms with van der Waals surface area (Å²) in [4.78, 5) is 26.3. The molecule has 0 aromatic rings. The van der Waals surface area contributed by atoms with Gasteiger partial charge in [-0.2, -0.15) is 0 Å². The Kier molecular flexibility index (Phi) is 51.9. The van der Waals surface area contributed by atoms with E-state index in [0.717, 1.165) is 64.2 Å². The van der Waals surface area contributed by atoms with E-state index in [1.165, 1.54) is 205 Å². The Labute approximate surface area is 405 Å². The lowest BCUT2D eigenvalue weighted by Crippen LogP contribution is -2.46. The van der Waals surface area contributed by atoms with E-state index in [2.05, 4.69) is 50.4 Å². The fraction of sp³-hybridized carbons (Fsp3) is 0.898. The second-order valence-corrected chi connectivity index (χ2v) is 20.0. The second kappa shape index (κ2) is 53.3. The van der Waals surface area contributed by atoms with E-state index in [1.54, 1.807) is 0 Å². The third-order valence-electron chi connectivity index (χ3n) is 13.5. The highest BCUT2D eigenvalue weighted by molar-refractivity contribution is 5.77. The number of unbranched alkanes of at least 4 members (excludes halogenated alkanes) is 37. The van der Waals surface area contributed by atoms with Crippen LogP contribution in [0, 0.1) is 0 Å². The lowest BCUT2D eigenvalue weighted by atomic mass is 10.0. The smallest absolute Gasteiger partial charge is 0.306 e. The number of amides is 1. The van der Waals surface area contributed by atoms with Crippen LogP contribution in [-0.4, -0.2) is 46.9 Å². The summed E-state index contributed by atoms with van der Waals surface area (Å²) in [5.41, 5.74) is 0. The average molecular weight is 917 g/mol. The molecule has 3 unspecified atom stereocenters. The van der Waals surface area contributed by atoms with Crippen LogP contribution in [0.3, 0.4) is 0 Å². The topological polar surface area (TPSA) is 95.9 Å². The Hall–Kier alpha value is -1.66. The normalized spacial score (nSPS) is 13.2. The number of esters is 1. The number of nitrogens with one attached hydrogen (secondary N) is 1. The summed E-state index contributed by atoms with van der Waals surface area (Å²) in [7, 11) is 0. The highest BCUT2D eigenvalue weighted by Gasteiger charge is 2.24. The maximum atomic E-state index is 13.3. The number of aliphatic hydroxyl groups is 2. The molecule has 0 saturated carbocycles. The molecule has 0 rings (SSSR count). The Morgan fingerprint density at radius 2 is 0.738 bits per heavy atom. The van der Waals surface area contributed by atoms with Gasteiger partial charge < -0.3 is 20.3 Å². The predicted octanol–water partition coefficient (Wildman–Crippen LogP) is 17.9. The summed E-state index contributed by atoms with van der Waals surface area (Å²) in [6.45, 7) is 6.51. The van der Waals surface area contributed by atoms with E-state index in [-0.39, 0.29) is 24.9 Å². The van der Waals surface area contributed by atoms with Gasteiger partial charge in [0, 0.05) is 6.42 Å². The van der Waals surface area contributed by atoms with E-state index >= 15 is 0 Å². The van der Waals surface area contributed by atoms with Crippen LogP contribution >= 0.6 is 0 Å². The molecule has 0 radical (unpaired) electrons. The van der Waals surface area contributed by atoms with Crippen molar-refractivity contribution in [2.24, 2.45) is 0 Å². The Morgan fingerprint density at radius 3 is 1.09 bits per heavy atom. The van der Waals surface area contributed by atoms with Crippen LogP contribution in [0.25, 0.3) is 0 Å². The molecule has 0 spiro atoms. The van der Waals surface area contributed by atoms with Gasteiger partial charge in [0.15, 0.2) is 0 Å². The van der Waals surface area contributed by atoms with Crippen molar-refractivity contribution in [3.63, 3.8) is 0 Å². The fourth-order valence-electron chi connectivity index (χ4n) is 9.07. The number of rotatable bonds is 53. The number of carbonyl (C=O) groups excluding carboxylic acids is 2. The minimum atomic E-state index is -0.789. The Bertz CT molecular complexity index is 1030. The number of ether oxygens (including phenoxy) is 1. The number of hydrogen-bond acceptors (Lipinski definition) is 5. The summed E-state index contributed by atoms with van der Waals surface area (Å²) >= 11 is 0. The van der Waals surface area contributed by atoms with E-state index < -0.39 is 18.2 Å². The van der Waals surface area contributed by atoms with Gasteiger partial charge in [-0.05, 0) is 77.0 Å². The van der Waals surface area contributed by atoms with Gasteiger partial charge in [-0.1, -0.05) is 251 Å². The van der Waals surface area contributed by atoms with Crippen molar-refractivity contribution in [3.8, 4) is 0 Å². The maximum absolute atomic E-state index is 13.3. The molecule has 1 amide bonds. The zero-order valence-electron chi connectivity index (χ0n) is 43.9. The number of carbonyl (C=O) groups is 2. The van der Waals surface area contributed by atoms with Crippen molar-refractivity contribution in [2.45, 2.75) is 334 Å². The molecule has 0 heterocycles. The molecule has 3 atom stereocenters. The van der Waals surface area contributed by atoms with Gasteiger partial charge in [-0.15, -0.1) is 0 Å². The van der Waals surface area contributed by atoms with E-state index in [1.807, 2.05) is 0 Å². The average Bonchev–Trinajstić information content (AvgIpc) is 3.30. The highest BCUT2D eigenvalue weighted by Crippen LogP contribution is 2.18. The highest BCUT2D eigenvalue weighted by atomic mass is 16.5. The van der Waals surface area contributed by atoms with Crippen LogP contribution in [0.5, 0.6) is 0 Å². The van der Waals surface area contributed by atoms with Gasteiger partial charge in [-0.3, -0.25) is 9.59 Å². The summed E-state index contributed by atoms with van der Waals surface area (Å²) in [6, 6.07) is -0.703. The first-order chi connectivity index (χ1) is 32.0. The van der Waals surface area contributed by atoms with Crippen LogP contribution in [0.1, 0.15) is 316 Å². The Morgan fingerprint density at radius 1 is 0.431 bits per heavy atom. The zero-order chi connectivity index (χ0) is 47.4. The van der Waals surface area contributed by atoms with Gasteiger partial charge >= 0.3 is 5.97 Å². The summed E-state index contributed by atoms with van der Waals surface area (Å²) in [5, 5.41) is 23.9. The van der Waals surface area contributed by atoms with Gasteiger partial charge in [-0.25, -0.2) is 0 Å². The van der Waals surface area contributed by atoms with Gasteiger partial charge in [0.2, 0.25) is 5.91 Å². The molecule has 6 heteroatoms. The van der Waals surface area contributed by atoms with Crippen molar-refractivity contribution in [3.05, 3.63) is 24.3 Å². The standard InChI is InChI=1S/C59H113NO5/c1-4-7-10-13-16-19-22-25-28-31-34-37-40-43-46-49-52-59(64)65-55(50-47-44-41-38-35-32-29-26-23-20-17-14-11-8-5-2)53-58(63)60-56(54-61)57(62)51-48-45-42-39-36-33-30-27-24-21-18-15-12-9-6-3/h26,28-29,31,55-57,61-62H,4-25,27,30,32-54H2,1-3H3,(H,60,63)/b29-26+,31-28+. The molecule has 0 aliphatic rings. The third-order valence-corrected chi connectivity index (χ3v) is 13.5. The number of hydrogen-bond donors (Lipinski definition) is 3. The largest absolute Gasteiger partial charge is 0.462 e. The van der Waals surface area contributed by atoms with Gasteiger partial charge in [0.25, 0.3) is 0 Å². The molecule has 0 fully saturated rings. The summed E-state index contributed by atoms with van der Waals surface area (Å²) in [6.07, 6.45) is 62.4. The molecule has 0 aromatic heterocycles. The molecular weight excluding hydrogens is 803 g/mol. The molecule has 0 aliphatic carbocycles. The molecular formula is C59H113NO5. The van der Waals surface area contributed by atoms with Crippen LogP contribution in [0.15, 0.2) is 24.3 Å². The molecule has 0 saturated heterocycles. The first-order valence-electron chi connectivity index (χ1n) is 29.1. The lowest BCUT2D eigenvalue weighted by molar-refractivity contribution is -0.151. The van der Waals surface area contributed by atoms with Crippen LogP contribution < -0.4 is 5.32 Å². The molecule has 6 nitrogen and oxygen atoms in total. The number of allylic oxidation sites excluding steroid dienone is 4. The van der Waals surface area contributed by atoms with Crippen LogP contribution in [-0.2, 0) is 14.3 Å². The molecule has 0 aliphatic heterocycles. The monoisotopic (exact) mass is 916 g/mol. The second-order valence-electron chi connectivity index (χ2n) is 20.0. The minimum absolute atomic E-state index is 0.0732. The molecule has 65 heavy (non-hydrogen) atoms. The summed E-state index contributed by atoms with van der Waals surface area (Å²) in [5.74, 6) is -0.475. The quantitative estimate of drug-likeness (QED) is 0.0321. The van der Waals surface area contributed by atoms with Crippen molar-refractivity contribution < 1.29 is 24.5 Å². The van der Waals surface area contributed by atoms with E-state index in [4.69, 9.17) is 4.74 Å². The Balaban J connectivity index is 4.55. The predicted molar refractivity (Wildman–Crippen MR) is 283 cm³/mol. The van der Waals surface area contributed by atoms with Crippen molar-refractivity contribution >= 4 is 11.9 Å². The zero-order valence-corrected chi connectivity index (χ0v) is 43.9. The third kappa shape index (κ3) is 48.6. The molecule has 0 bridgehead atoms. The van der Waals surface area contributed by atoms with Crippen LogP contribution in [0.4, 0.5) is 0 Å². The lowest BCUT2D eigenvalue weighted by Gasteiger charge is -2.24. The van der Waals surface area contributed by atoms with Crippen molar-refractivity contribution in [1.82, 2.24) is 5.32 Å². The first-order valence-corrected chi connectivity index (χ1v) is 29.1. The SMILES string of the molecule is CCCCCCCC/C=C/CCCCCCCC(CC(=O)NC(CO)C(O)CCCCCCCCCCCCCCCCC)OC(=O)CCCCCCC/C=C/CCCCCCCCC. The van der Waals surface area contributed by atoms with Gasteiger partial charge in [0.1, 0.15) is 6.10 Å². The van der Waals surface area contributed by atoms with Crippen molar-refractivity contribution in [2.75, 3.05) is 6.61 Å². The van der Waals surface area contributed by atoms with Gasteiger partial charge in [0.05, 0.1) is 25.2 Å². The van der Waals surface area contributed by atoms with E-state index in [9.17, 15) is 19.8 Å². The molecule has 384 valence electrons.